The minimum Gasteiger partial charge on any atom is -0.351 e. The third-order valence-electron chi connectivity index (χ3n) is 5.67. The van der Waals surface area contributed by atoms with E-state index in [2.05, 4.69) is 25.3 Å². The van der Waals surface area contributed by atoms with Crippen molar-refractivity contribution in [2.45, 2.75) is 49.7 Å². The van der Waals surface area contributed by atoms with Gasteiger partial charge in [0.1, 0.15) is 11.7 Å². The van der Waals surface area contributed by atoms with E-state index in [0.717, 1.165) is 0 Å². The number of nitrogens with one attached hydrogen (secondary N) is 3. The van der Waals surface area contributed by atoms with Gasteiger partial charge in [-0.15, -0.1) is 0 Å². The van der Waals surface area contributed by atoms with E-state index in [1.807, 2.05) is 0 Å². The number of likely N-dealkylation sites (N-methyl/N-ethyl adjacent to an activating group) is 1. The van der Waals surface area contributed by atoms with Crippen molar-refractivity contribution in [3.8, 4) is 0 Å². The molecule has 3 N–H and O–H groups in total. The van der Waals surface area contributed by atoms with Crippen LogP contribution in [-0.4, -0.2) is 49.5 Å². The fraction of sp³-hybridized carbons (Fsp3) is 0.421. The number of aryl methyl sites for hydroxylation is 1. The molecule has 2 aromatic rings. The predicted molar refractivity (Wildman–Crippen MR) is 110 cm³/mol. The molecule has 172 valence electrons. The van der Waals surface area contributed by atoms with Crippen LogP contribution in [0.25, 0.3) is 0 Å². The Hall–Kier alpha value is -2.93. The minimum atomic E-state index is -4.22. The van der Waals surface area contributed by atoms with E-state index in [1.54, 1.807) is 25.8 Å². The quantitative estimate of drug-likeness (QED) is 0.572. The SMILES string of the molecule is Cc1nc(NC2CC(NS(=O)(=O)c3cc(F)c(F)c(F)c3)C2)nc2c1NC(=O)C(C)N2C. The second-order valence-electron chi connectivity index (χ2n) is 7.94. The van der Waals surface area contributed by atoms with Gasteiger partial charge in [-0.05, 0) is 38.8 Å². The average Bonchev–Trinajstić information content (AvgIpc) is 2.69. The van der Waals surface area contributed by atoms with Crippen molar-refractivity contribution in [1.82, 2.24) is 14.7 Å². The molecule has 1 aromatic carbocycles. The third kappa shape index (κ3) is 3.97. The lowest BCUT2D eigenvalue weighted by molar-refractivity contribution is -0.117. The number of aromatic nitrogens is 2. The first-order valence-corrected chi connectivity index (χ1v) is 11.3. The van der Waals surface area contributed by atoms with Crippen molar-refractivity contribution >= 4 is 33.4 Å². The fourth-order valence-electron chi connectivity index (χ4n) is 3.60. The van der Waals surface area contributed by atoms with Gasteiger partial charge in [0, 0.05) is 19.1 Å². The van der Waals surface area contributed by atoms with Crippen LogP contribution in [0.15, 0.2) is 17.0 Å². The molecule has 0 saturated heterocycles. The maximum Gasteiger partial charge on any atom is 0.246 e. The van der Waals surface area contributed by atoms with E-state index in [-0.39, 0.29) is 11.9 Å². The lowest BCUT2D eigenvalue weighted by atomic mass is 9.88. The Morgan fingerprint density at radius 3 is 2.38 bits per heavy atom. The lowest BCUT2D eigenvalue weighted by Gasteiger charge is -2.37. The molecule has 1 amide bonds. The Bertz CT molecular complexity index is 1180. The van der Waals surface area contributed by atoms with Gasteiger partial charge < -0.3 is 15.5 Å². The topological polar surface area (TPSA) is 116 Å². The Morgan fingerprint density at radius 1 is 1.12 bits per heavy atom. The van der Waals surface area contributed by atoms with Crippen LogP contribution in [0.4, 0.5) is 30.6 Å². The molecular weight excluding hydrogens is 449 g/mol. The third-order valence-corrected chi connectivity index (χ3v) is 7.17. The lowest BCUT2D eigenvalue weighted by Crippen LogP contribution is -2.50. The molecule has 0 radical (unpaired) electrons. The van der Waals surface area contributed by atoms with Crippen LogP contribution >= 0.6 is 0 Å². The molecule has 2 aliphatic rings. The van der Waals surface area contributed by atoms with Gasteiger partial charge >= 0.3 is 0 Å². The number of halogens is 3. The van der Waals surface area contributed by atoms with Crippen molar-refractivity contribution in [2.24, 2.45) is 0 Å². The molecule has 9 nitrogen and oxygen atoms in total. The molecular formula is C19H21F3N6O3S. The van der Waals surface area contributed by atoms with E-state index < -0.39 is 44.5 Å². The molecule has 2 heterocycles. The largest absolute Gasteiger partial charge is 0.351 e. The second kappa shape index (κ2) is 7.89. The van der Waals surface area contributed by atoms with Gasteiger partial charge in [-0.25, -0.2) is 31.3 Å². The molecule has 1 aliphatic heterocycles. The highest BCUT2D eigenvalue weighted by atomic mass is 32.2. The highest BCUT2D eigenvalue weighted by molar-refractivity contribution is 7.89. The number of carbonyl (C=O) groups is 1. The maximum absolute atomic E-state index is 13.4. The number of sulfonamides is 1. The minimum absolute atomic E-state index is 0.136. The molecule has 13 heteroatoms. The monoisotopic (exact) mass is 470 g/mol. The first-order chi connectivity index (χ1) is 15.0. The number of anilines is 3. The van der Waals surface area contributed by atoms with E-state index in [9.17, 15) is 26.4 Å². The van der Waals surface area contributed by atoms with Gasteiger partial charge in [0.15, 0.2) is 23.3 Å². The number of amides is 1. The van der Waals surface area contributed by atoms with Crippen LogP contribution in [0.2, 0.25) is 0 Å². The van der Waals surface area contributed by atoms with E-state index in [0.29, 0.717) is 48.1 Å². The number of fused-ring (bicyclic) bond motifs is 1. The summed E-state index contributed by atoms with van der Waals surface area (Å²) in [6.07, 6.45) is 0.766. The summed E-state index contributed by atoms with van der Waals surface area (Å²) >= 11 is 0. The highest BCUT2D eigenvalue weighted by Gasteiger charge is 2.35. The van der Waals surface area contributed by atoms with E-state index >= 15 is 0 Å². The normalized spacial score (nSPS) is 22.8. The van der Waals surface area contributed by atoms with Crippen molar-refractivity contribution in [2.75, 3.05) is 22.6 Å². The Labute approximate surface area is 182 Å². The molecule has 4 rings (SSSR count). The van der Waals surface area contributed by atoms with Crippen LogP contribution in [0, 0.1) is 24.4 Å². The van der Waals surface area contributed by atoms with Crippen molar-refractivity contribution in [3.63, 3.8) is 0 Å². The summed E-state index contributed by atoms with van der Waals surface area (Å²) in [5.74, 6) is -4.11. The van der Waals surface area contributed by atoms with Gasteiger partial charge in [0.2, 0.25) is 21.9 Å². The molecule has 32 heavy (non-hydrogen) atoms. The van der Waals surface area contributed by atoms with E-state index in [4.69, 9.17) is 0 Å². The molecule has 0 bridgehead atoms. The number of hydrogen-bond acceptors (Lipinski definition) is 7. The second-order valence-corrected chi connectivity index (χ2v) is 9.65. The number of nitrogens with zero attached hydrogens (tertiary/aromatic N) is 3. The fourth-order valence-corrected chi connectivity index (χ4v) is 4.88. The summed E-state index contributed by atoms with van der Waals surface area (Å²) in [5, 5.41) is 5.92. The number of rotatable bonds is 5. The summed E-state index contributed by atoms with van der Waals surface area (Å²) in [6.45, 7) is 3.50. The molecule has 1 aliphatic carbocycles. The Kier molecular flexibility index (Phi) is 5.49. The van der Waals surface area contributed by atoms with Gasteiger partial charge in [0.25, 0.3) is 0 Å². The van der Waals surface area contributed by atoms with Crippen molar-refractivity contribution < 1.29 is 26.4 Å². The van der Waals surface area contributed by atoms with Gasteiger partial charge in [-0.3, -0.25) is 4.79 Å². The standard InChI is InChI=1S/C19H21F3N6O3S/c1-8-16-17(28(3)9(2)18(29)25-16)26-19(23-8)24-10-4-11(5-10)27-32(30,31)12-6-13(20)15(22)14(21)7-12/h6-7,9-11,27H,4-5H2,1-3H3,(H,25,29)(H,23,24,26). The zero-order chi connectivity index (χ0) is 23.4. The summed E-state index contributed by atoms with van der Waals surface area (Å²) in [7, 11) is -2.46. The molecule has 1 atom stereocenters. The molecule has 1 aromatic heterocycles. The Balaban J connectivity index is 1.41. The number of hydrogen-bond donors (Lipinski definition) is 3. The molecule has 1 saturated carbocycles. The van der Waals surface area contributed by atoms with Gasteiger partial charge in [-0.2, -0.15) is 4.98 Å². The zero-order valence-corrected chi connectivity index (χ0v) is 18.2. The van der Waals surface area contributed by atoms with Gasteiger partial charge in [0.05, 0.1) is 10.6 Å². The van der Waals surface area contributed by atoms with Crippen LogP contribution in [0.1, 0.15) is 25.5 Å². The smallest absolute Gasteiger partial charge is 0.246 e. The van der Waals surface area contributed by atoms with Crippen LogP contribution in [-0.2, 0) is 14.8 Å². The summed E-state index contributed by atoms with van der Waals surface area (Å²) in [6, 6.07) is -0.130. The maximum atomic E-state index is 13.4. The molecule has 1 unspecified atom stereocenters. The number of benzene rings is 1. The highest BCUT2D eigenvalue weighted by Crippen LogP contribution is 2.33. The van der Waals surface area contributed by atoms with Crippen LogP contribution in [0.5, 0.6) is 0 Å². The molecule has 1 fully saturated rings. The van der Waals surface area contributed by atoms with Gasteiger partial charge in [-0.1, -0.05) is 0 Å². The zero-order valence-electron chi connectivity index (χ0n) is 17.4. The first-order valence-electron chi connectivity index (χ1n) is 9.82. The Morgan fingerprint density at radius 2 is 1.75 bits per heavy atom. The van der Waals surface area contributed by atoms with Crippen LogP contribution in [0.3, 0.4) is 0 Å². The average molecular weight is 470 g/mol. The molecule has 0 spiro atoms. The summed E-state index contributed by atoms with van der Waals surface area (Å²) in [4.78, 5) is 21.9. The van der Waals surface area contributed by atoms with Crippen molar-refractivity contribution in [1.29, 1.82) is 0 Å². The summed E-state index contributed by atoms with van der Waals surface area (Å²) < 4.78 is 66.9. The first kappa shape index (κ1) is 22.3. The number of carbonyl (C=O) groups excluding carboxylic acids is 1. The van der Waals surface area contributed by atoms with E-state index in [1.165, 1.54) is 0 Å². The van der Waals surface area contributed by atoms with Crippen molar-refractivity contribution in [3.05, 3.63) is 35.3 Å². The summed E-state index contributed by atoms with van der Waals surface area (Å²) in [5.41, 5.74) is 1.13. The van der Waals surface area contributed by atoms with Crippen LogP contribution < -0.4 is 20.3 Å². The predicted octanol–water partition coefficient (Wildman–Crippen LogP) is 1.90.